The van der Waals surface area contributed by atoms with Gasteiger partial charge in [-0.2, -0.15) is 0 Å². The highest BCUT2D eigenvalue weighted by Gasteiger charge is 2.34. The second-order valence-electron chi connectivity index (χ2n) is 6.22. The zero-order valence-electron chi connectivity index (χ0n) is 11.6. The maximum Gasteiger partial charge on any atom is 0.220 e. The van der Waals surface area contributed by atoms with E-state index in [2.05, 4.69) is 10.6 Å². The summed E-state index contributed by atoms with van der Waals surface area (Å²) in [4.78, 5) is 12.1. The van der Waals surface area contributed by atoms with E-state index >= 15 is 0 Å². The van der Waals surface area contributed by atoms with Crippen molar-refractivity contribution < 1.29 is 9.53 Å². The van der Waals surface area contributed by atoms with Gasteiger partial charge in [-0.25, -0.2) is 0 Å². The SMILES string of the molecule is CC1OCCC1NC(=O)CC1CC2CCC(C1)N2.Cl. The number of piperidine rings is 1. The van der Waals surface area contributed by atoms with Crippen LogP contribution in [0.5, 0.6) is 0 Å². The average Bonchev–Trinajstić information content (AvgIpc) is 2.86. The van der Waals surface area contributed by atoms with E-state index in [1.807, 2.05) is 6.92 Å². The molecule has 0 radical (unpaired) electrons. The molecule has 1 amide bonds. The van der Waals surface area contributed by atoms with Gasteiger partial charge in [-0.1, -0.05) is 0 Å². The standard InChI is InChI=1S/C14H24N2O2.ClH/c1-9-13(4-5-18-9)16-14(17)8-10-6-11-2-3-12(7-10)15-11;/h9-13,15H,2-8H2,1H3,(H,16,17);1H. The molecule has 3 saturated heterocycles. The molecule has 3 aliphatic heterocycles. The van der Waals surface area contributed by atoms with E-state index in [9.17, 15) is 4.79 Å². The Balaban J connectivity index is 0.00000133. The van der Waals surface area contributed by atoms with Crippen LogP contribution < -0.4 is 10.6 Å². The van der Waals surface area contributed by atoms with Gasteiger partial charge in [-0.3, -0.25) is 4.79 Å². The number of nitrogens with one attached hydrogen (secondary N) is 2. The fourth-order valence-electron chi connectivity index (χ4n) is 3.79. The average molecular weight is 289 g/mol. The van der Waals surface area contributed by atoms with Crippen molar-refractivity contribution in [3.63, 3.8) is 0 Å². The molecule has 2 bridgehead atoms. The molecule has 4 unspecified atom stereocenters. The quantitative estimate of drug-likeness (QED) is 0.830. The van der Waals surface area contributed by atoms with E-state index in [0.29, 0.717) is 24.4 Å². The van der Waals surface area contributed by atoms with Gasteiger partial charge in [0.1, 0.15) is 0 Å². The largest absolute Gasteiger partial charge is 0.376 e. The van der Waals surface area contributed by atoms with Crippen molar-refractivity contribution in [2.75, 3.05) is 6.61 Å². The van der Waals surface area contributed by atoms with Crippen molar-refractivity contribution >= 4 is 18.3 Å². The first-order chi connectivity index (χ1) is 8.70. The monoisotopic (exact) mass is 288 g/mol. The molecule has 4 atom stereocenters. The first-order valence-corrected chi connectivity index (χ1v) is 7.37. The van der Waals surface area contributed by atoms with Crippen molar-refractivity contribution in [2.24, 2.45) is 5.92 Å². The molecule has 19 heavy (non-hydrogen) atoms. The predicted octanol–water partition coefficient (Wildman–Crippen LogP) is 1.62. The number of hydrogen-bond acceptors (Lipinski definition) is 3. The third-order valence-corrected chi connectivity index (χ3v) is 4.77. The molecular formula is C14H25ClN2O2. The molecule has 3 rings (SSSR count). The summed E-state index contributed by atoms with van der Waals surface area (Å²) in [5.41, 5.74) is 0. The van der Waals surface area contributed by atoms with Crippen molar-refractivity contribution in [3.8, 4) is 0 Å². The maximum absolute atomic E-state index is 12.1. The molecule has 5 heteroatoms. The van der Waals surface area contributed by atoms with Crippen molar-refractivity contribution in [3.05, 3.63) is 0 Å². The highest BCUT2D eigenvalue weighted by atomic mass is 35.5. The third kappa shape index (κ3) is 3.61. The van der Waals surface area contributed by atoms with Gasteiger partial charge in [0.25, 0.3) is 0 Å². The van der Waals surface area contributed by atoms with E-state index in [-0.39, 0.29) is 30.5 Å². The minimum absolute atomic E-state index is 0. The number of halogens is 1. The molecule has 0 spiro atoms. The number of amides is 1. The Morgan fingerprint density at radius 2 is 1.95 bits per heavy atom. The summed E-state index contributed by atoms with van der Waals surface area (Å²) in [5.74, 6) is 0.810. The minimum Gasteiger partial charge on any atom is -0.376 e. The van der Waals surface area contributed by atoms with Crippen LogP contribution in [0, 0.1) is 5.92 Å². The lowest BCUT2D eigenvalue weighted by Gasteiger charge is -2.29. The Morgan fingerprint density at radius 1 is 1.26 bits per heavy atom. The van der Waals surface area contributed by atoms with Gasteiger partial charge in [0.15, 0.2) is 0 Å². The van der Waals surface area contributed by atoms with Crippen molar-refractivity contribution in [1.82, 2.24) is 10.6 Å². The number of ether oxygens (including phenoxy) is 1. The summed E-state index contributed by atoms with van der Waals surface area (Å²) in [6, 6.07) is 1.58. The van der Waals surface area contributed by atoms with Gasteiger partial charge in [-0.05, 0) is 44.9 Å². The summed E-state index contributed by atoms with van der Waals surface area (Å²) in [7, 11) is 0. The summed E-state index contributed by atoms with van der Waals surface area (Å²) in [6.07, 6.45) is 6.81. The van der Waals surface area contributed by atoms with Gasteiger partial charge >= 0.3 is 0 Å². The molecule has 3 aliphatic rings. The molecule has 3 fully saturated rings. The molecule has 3 heterocycles. The zero-order valence-corrected chi connectivity index (χ0v) is 12.4. The molecule has 0 saturated carbocycles. The summed E-state index contributed by atoms with van der Waals surface area (Å²) >= 11 is 0. The Bertz CT molecular complexity index is 315. The van der Waals surface area contributed by atoms with Crippen molar-refractivity contribution in [2.45, 2.75) is 69.7 Å². The lowest BCUT2D eigenvalue weighted by Crippen LogP contribution is -2.42. The normalized spacial score (nSPS) is 40.8. The second kappa shape index (κ2) is 6.42. The van der Waals surface area contributed by atoms with Gasteiger partial charge in [-0.15, -0.1) is 12.4 Å². The van der Waals surface area contributed by atoms with Crippen molar-refractivity contribution in [1.29, 1.82) is 0 Å². The second-order valence-corrected chi connectivity index (χ2v) is 6.22. The Kier molecular flexibility index (Phi) is 5.09. The van der Waals surface area contributed by atoms with E-state index in [1.54, 1.807) is 0 Å². The van der Waals surface area contributed by atoms with Gasteiger partial charge in [0, 0.05) is 25.1 Å². The van der Waals surface area contributed by atoms with Crippen LogP contribution in [0.25, 0.3) is 0 Å². The smallest absolute Gasteiger partial charge is 0.220 e. The number of fused-ring (bicyclic) bond motifs is 2. The van der Waals surface area contributed by atoms with Gasteiger partial charge < -0.3 is 15.4 Å². The van der Waals surface area contributed by atoms with Gasteiger partial charge in [0.2, 0.25) is 5.91 Å². The fraction of sp³-hybridized carbons (Fsp3) is 0.929. The minimum atomic E-state index is 0. The third-order valence-electron chi connectivity index (χ3n) is 4.77. The maximum atomic E-state index is 12.1. The van der Waals surface area contributed by atoms with Crippen LogP contribution in [0.4, 0.5) is 0 Å². The zero-order chi connectivity index (χ0) is 12.5. The van der Waals surface area contributed by atoms with Crippen LogP contribution in [0.3, 0.4) is 0 Å². The van der Waals surface area contributed by atoms with Crippen LogP contribution in [0.1, 0.15) is 45.4 Å². The molecular weight excluding hydrogens is 264 g/mol. The molecule has 4 nitrogen and oxygen atoms in total. The summed E-state index contributed by atoms with van der Waals surface area (Å²) in [5, 5.41) is 6.76. The highest BCUT2D eigenvalue weighted by Crippen LogP contribution is 2.32. The topological polar surface area (TPSA) is 50.4 Å². The fourth-order valence-corrected chi connectivity index (χ4v) is 3.79. The molecule has 110 valence electrons. The van der Waals surface area contributed by atoms with Crippen LogP contribution in [0.2, 0.25) is 0 Å². The number of carbonyl (C=O) groups is 1. The van der Waals surface area contributed by atoms with Crippen LogP contribution in [-0.4, -0.2) is 36.7 Å². The molecule has 0 aromatic rings. The Hall–Kier alpha value is -0.320. The lowest BCUT2D eigenvalue weighted by molar-refractivity contribution is -0.123. The summed E-state index contributed by atoms with van der Waals surface area (Å²) < 4.78 is 5.48. The van der Waals surface area contributed by atoms with E-state index in [0.717, 1.165) is 13.0 Å². The lowest BCUT2D eigenvalue weighted by atomic mass is 9.89. The van der Waals surface area contributed by atoms with Crippen LogP contribution in [0.15, 0.2) is 0 Å². The first-order valence-electron chi connectivity index (χ1n) is 7.37. The molecule has 0 aromatic carbocycles. The molecule has 0 aliphatic carbocycles. The van der Waals surface area contributed by atoms with Crippen LogP contribution in [-0.2, 0) is 9.53 Å². The predicted molar refractivity (Wildman–Crippen MR) is 76.5 cm³/mol. The number of hydrogen-bond donors (Lipinski definition) is 2. The first kappa shape index (κ1) is 15.1. The van der Waals surface area contributed by atoms with E-state index in [1.165, 1.54) is 25.7 Å². The van der Waals surface area contributed by atoms with E-state index in [4.69, 9.17) is 4.74 Å². The molecule has 2 N–H and O–H groups in total. The Labute approximate surface area is 121 Å². The number of rotatable bonds is 3. The van der Waals surface area contributed by atoms with Gasteiger partial charge in [0.05, 0.1) is 12.1 Å². The number of carbonyl (C=O) groups excluding carboxylic acids is 1. The summed E-state index contributed by atoms with van der Waals surface area (Å²) in [6.45, 7) is 2.83. The van der Waals surface area contributed by atoms with E-state index < -0.39 is 0 Å². The highest BCUT2D eigenvalue weighted by molar-refractivity contribution is 5.85. The van der Waals surface area contributed by atoms with Crippen LogP contribution >= 0.6 is 12.4 Å². The Morgan fingerprint density at radius 3 is 2.53 bits per heavy atom. The molecule has 0 aromatic heterocycles.